The van der Waals surface area contributed by atoms with Gasteiger partial charge in [0, 0.05) is 17.5 Å². The molecule has 0 radical (unpaired) electrons. The van der Waals surface area contributed by atoms with E-state index in [-0.39, 0.29) is 0 Å². The molecule has 16 heavy (non-hydrogen) atoms. The van der Waals surface area contributed by atoms with Crippen LogP contribution < -0.4 is 5.32 Å². The number of rotatable bonds is 3. The van der Waals surface area contributed by atoms with Crippen molar-refractivity contribution in [3.05, 3.63) is 35.5 Å². The third-order valence-corrected chi connectivity index (χ3v) is 2.88. The lowest BCUT2D eigenvalue weighted by Crippen LogP contribution is -2.05. The van der Waals surface area contributed by atoms with Gasteiger partial charge in [-0.3, -0.25) is 5.10 Å². The van der Waals surface area contributed by atoms with E-state index in [9.17, 15) is 0 Å². The van der Waals surface area contributed by atoms with Crippen molar-refractivity contribution in [3.8, 4) is 0 Å². The number of aromatic nitrogens is 4. The van der Waals surface area contributed by atoms with Crippen molar-refractivity contribution < 1.29 is 0 Å². The molecule has 0 bridgehead atoms. The Bertz CT molecular complexity index is 477. The van der Waals surface area contributed by atoms with Crippen molar-refractivity contribution in [2.75, 3.05) is 5.32 Å². The van der Waals surface area contributed by atoms with Crippen LogP contribution in [0.2, 0.25) is 0 Å². The van der Waals surface area contributed by atoms with Gasteiger partial charge in [0.1, 0.15) is 12.1 Å². The maximum atomic E-state index is 4.29. The van der Waals surface area contributed by atoms with Gasteiger partial charge in [-0.15, -0.1) is 0 Å². The molecule has 0 amide bonds. The van der Waals surface area contributed by atoms with Gasteiger partial charge in [0.15, 0.2) is 0 Å². The van der Waals surface area contributed by atoms with E-state index in [4.69, 9.17) is 0 Å². The van der Waals surface area contributed by atoms with Gasteiger partial charge in [0.05, 0.1) is 12.2 Å². The van der Waals surface area contributed by atoms with Crippen LogP contribution in [0.4, 0.5) is 5.82 Å². The highest BCUT2D eigenvalue weighted by Gasteiger charge is 2.16. The number of aromatic amines is 1. The minimum atomic E-state index is 0.726. The monoisotopic (exact) mass is 215 g/mol. The summed E-state index contributed by atoms with van der Waals surface area (Å²) in [6.45, 7) is 0.726. The molecule has 0 unspecified atom stereocenters. The molecule has 82 valence electrons. The van der Waals surface area contributed by atoms with Crippen LogP contribution in [-0.2, 0) is 19.4 Å². The first-order chi connectivity index (χ1) is 7.93. The number of nitrogens with one attached hydrogen (secondary N) is 2. The Balaban J connectivity index is 1.78. The lowest BCUT2D eigenvalue weighted by atomic mass is 10.2. The molecule has 0 saturated carbocycles. The highest BCUT2D eigenvalue weighted by atomic mass is 15.1. The molecular weight excluding hydrogens is 202 g/mol. The Morgan fingerprint density at radius 2 is 2.31 bits per heavy atom. The molecule has 2 heterocycles. The van der Waals surface area contributed by atoms with Crippen LogP contribution >= 0.6 is 0 Å². The van der Waals surface area contributed by atoms with E-state index in [1.54, 1.807) is 12.5 Å². The van der Waals surface area contributed by atoms with Crippen LogP contribution in [0, 0.1) is 0 Å². The van der Waals surface area contributed by atoms with Gasteiger partial charge in [-0.05, 0) is 25.3 Å². The van der Waals surface area contributed by atoms with Gasteiger partial charge in [-0.1, -0.05) is 0 Å². The Morgan fingerprint density at radius 3 is 3.19 bits per heavy atom. The predicted octanol–water partition coefficient (Wildman–Crippen LogP) is 1.30. The van der Waals surface area contributed by atoms with Gasteiger partial charge in [0.2, 0.25) is 0 Å². The maximum absolute atomic E-state index is 4.29. The molecule has 0 fully saturated rings. The zero-order valence-electron chi connectivity index (χ0n) is 8.90. The zero-order valence-corrected chi connectivity index (χ0v) is 8.90. The molecule has 1 aliphatic rings. The topological polar surface area (TPSA) is 66.5 Å². The SMILES string of the molecule is c1cc(CNc2ncnc3c2CCC3)[nH]n1. The van der Waals surface area contributed by atoms with E-state index in [1.807, 2.05) is 6.07 Å². The molecule has 0 aromatic carbocycles. The summed E-state index contributed by atoms with van der Waals surface area (Å²) < 4.78 is 0. The fourth-order valence-electron chi connectivity index (χ4n) is 2.07. The predicted molar refractivity (Wildman–Crippen MR) is 60.0 cm³/mol. The first kappa shape index (κ1) is 9.33. The fourth-order valence-corrected chi connectivity index (χ4v) is 2.07. The van der Waals surface area contributed by atoms with Crippen molar-refractivity contribution in [2.45, 2.75) is 25.8 Å². The Morgan fingerprint density at radius 1 is 1.31 bits per heavy atom. The molecule has 0 spiro atoms. The normalized spacial score (nSPS) is 13.8. The average Bonchev–Trinajstić information content (AvgIpc) is 2.97. The third kappa shape index (κ3) is 1.64. The van der Waals surface area contributed by atoms with Crippen molar-refractivity contribution in [2.24, 2.45) is 0 Å². The molecule has 2 aromatic heterocycles. The van der Waals surface area contributed by atoms with Crippen LogP contribution in [0.5, 0.6) is 0 Å². The Labute approximate surface area is 93.3 Å². The summed E-state index contributed by atoms with van der Waals surface area (Å²) >= 11 is 0. The van der Waals surface area contributed by atoms with Crippen LogP contribution in [0.25, 0.3) is 0 Å². The first-order valence-electron chi connectivity index (χ1n) is 5.48. The van der Waals surface area contributed by atoms with E-state index < -0.39 is 0 Å². The van der Waals surface area contributed by atoms with Gasteiger partial charge in [-0.25, -0.2) is 9.97 Å². The number of nitrogens with zero attached hydrogens (tertiary/aromatic N) is 3. The number of H-pyrrole nitrogens is 1. The van der Waals surface area contributed by atoms with Crippen molar-refractivity contribution in [3.63, 3.8) is 0 Å². The molecule has 0 saturated heterocycles. The highest BCUT2D eigenvalue weighted by molar-refractivity contribution is 5.48. The second-order valence-electron chi connectivity index (χ2n) is 3.94. The molecule has 2 N–H and O–H groups in total. The second kappa shape index (κ2) is 3.92. The number of hydrogen-bond donors (Lipinski definition) is 2. The number of hydrogen-bond acceptors (Lipinski definition) is 4. The van der Waals surface area contributed by atoms with E-state index in [0.717, 1.165) is 30.9 Å². The van der Waals surface area contributed by atoms with Crippen molar-refractivity contribution in [1.29, 1.82) is 0 Å². The summed E-state index contributed by atoms with van der Waals surface area (Å²) in [5, 5.41) is 10.2. The lowest BCUT2D eigenvalue weighted by Gasteiger charge is -2.08. The number of fused-ring (bicyclic) bond motifs is 1. The smallest absolute Gasteiger partial charge is 0.133 e. The summed E-state index contributed by atoms with van der Waals surface area (Å²) in [6.07, 6.45) is 6.74. The van der Waals surface area contributed by atoms with E-state index in [0.29, 0.717) is 0 Å². The van der Waals surface area contributed by atoms with E-state index in [2.05, 4.69) is 25.5 Å². The first-order valence-corrected chi connectivity index (χ1v) is 5.48. The molecule has 5 heteroatoms. The fraction of sp³-hybridized carbons (Fsp3) is 0.364. The summed E-state index contributed by atoms with van der Waals surface area (Å²) in [6, 6.07) is 1.95. The van der Waals surface area contributed by atoms with E-state index >= 15 is 0 Å². The molecule has 0 aliphatic heterocycles. The standard InChI is InChI=1S/C11H13N5/c1-2-9-10(3-1)13-7-14-11(9)12-6-8-4-5-15-16-8/h4-5,7H,1-3,6H2,(H,15,16)(H,12,13,14). The largest absolute Gasteiger partial charge is 0.364 e. The van der Waals surface area contributed by atoms with Gasteiger partial charge < -0.3 is 5.32 Å². The quantitative estimate of drug-likeness (QED) is 0.810. The van der Waals surface area contributed by atoms with Gasteiger partial charge in [-0.2, -0.15) is 5.10 Å². The average molecular weight is 215 g/mol. The van der Waals surface area contributed by atoms with E-state index in [1.165, 1.54) is 17.7 Å². The molecule has 0 atom stereocenters. The van der Waals surface area contributed by atoms with Crippen LogP contribution in [0.15, 0.2) is 18.6 Å². The second-order valence-corrected chi connectivity index (χ2v) is 3.94. The van der Waals surface area contributed by atoms with Crippen molar-refractivity contribution >= 4 is 5.82 Å². The molecule has 2 aromatic rings. The van der Waals surface area contributed by atoms with Gasteiger partial charge in [0.25, 0.3) is 0 Å². The third-order valence-electron chi connectivity index (χ3n) is 2.88. The number of anilines is 1. The van der Waals surface area contributed by atoms with Crippen LogP contribution in [0.3, 0.4) is 0 Å². The minimum Gasteiger partial charge on any atom is -0.364 e. The van der Waals surface area contributed by atoms with Crippen LogP contribution in [-0.4, -0.2) is 20.2 Å². The molecule has 1 aliphatic carbocycles. The molecular formula is C11H13N5. The zero-order chi connectivity index (χ0) is 10.8. The minimum absolute atomic E-state index is 0.726. The number of aryl methyl sites for hydroxylation is 1. The summed E-state index contributed by atoms with van der Waals surface area (Å²) in [5.74, 6) is 0.970. The Hall–Kier alpha value is -1.91. The molecule has 5 nitrogen and oxygen atoms in total. The summed E-state index contributed by atoms with van der Waals surface area (Å²) in [7, 11) is 0. The Kier molecular flexibility index (Phi) is 2.29. The maximum Gasteiger partial charge on any atom is 0.133 e. The summed E-state index contributed by atoms with van der Waals surface area (Å²) in [4.78, 5) is 8.59. The van der Waals surface area contributed by atoms with Crippen molar-refractivity contribution in [1.82, 2.24) is 20.2 Å². The highest BCUT2D eigenvalue weighted by Crippen LogP contribution is 2.25. The van der Waals surface area contributed by atoms with Gasteiger partial charge >= 0.3 is 0 Å². The van der Waals surface area contributed by atoms with Crippen LogP contribution in [0.1, 0.15) is 23.4 Å². The lowest BCUT2D eigenvalue weighted by molar-refractivity contribution is 0.899. The molecule has 3 rings (SSSR count). The summed E-state index contributed by atoms with van der Waals surface area (Å²) in [5.41, 5.74) is 3.54.